The highest BCUT2D eigenvalue weighted by Crippen LogP contribution is 2.30. The van der Waals surface area contributed by atoms with Gasteiger partial charge in [0.1, 0.15) is 6.10 Å². The van der Waals surface area contributed by atoms with Crippen LogP contribution >= 0.6 is 0 Å². The number of aliphatic hydroxyl groups is 1. The van der Waals surface area contributed by atoms with Crippen LogP contribution in [0.1, 0.15) is 60.0 Å². The minimum atomic E-state index is -0.448. The Labute approximate surface area is 147 Å². The Morgan fingerprint density at radius 2 is 2.20 bits per heavy atom. The molecule has 25 heavy (non-hydrogen) atoms. The molecule has 3 unspecified atom stereocenters. The molecule has 1 amide bonds. The van der Waals surface area contributed by atoms with Crippen molar-refractivity contribution < 1.29 is 19.1 Å². The van der Waals surface area contributed by atoms with E-state index >= 15 is 0 Å². The minimum Gasteiger partial charge on any atom is -0.445 e. The summed E-state index contributed by atoms with van der Waals surface area (Å²) in [5.74, 6) is 0.260. The summed E-state index contributed by atoms with van der Waals surface area (Å²) in [6.07, 6.45) is 3.02. The van der Waals surface area contributed by atoms with Crippen LogP contribution in [-0.4, -0.2) is 35.3 Å². The molecule has 3 rings (SSSR count). The van der Waals surface area contributed by atoms with Crippen LogP contribution in [0.4, 0.5) is 0 Å². The summed E-state index contributed by atoms with van der Waals surface area (Å²) in [7, 11) is 0. The normalized spacial score (nSPS) is 19.5. The number of aliphatic hydroxyl groups excluding tert-OH is 1. The van der Waals surface area contributed by atoms with Gasteiger partial charge in [0.15, 0.2) is 17.8 Å². The van der Waals surface area contributed by atoms with Crippen molar-refractivity contribution in [3.05, 3.63) is 53.7 Å². The molecule has 1 aromatic carbocycles. The summed E-state index contributed by atoms with van der Waals surface area (Å²) >= 11 is 0. The highest BCUT2D eigenvalue weighted by atomic mass is 16.5. The number of hydrogen-bond donors (Lipinski definition) is 2. The number of carbonyl (C=O) groups excluding carboxylic acids is 1. The molecule has 3 atom stereocenters. The molecule has 0 saturated carbocycles. The van der Waals surface area contributed by atoms with Gasteiger partial charge < -0.3 is 19.6 Å². The van der Waals surface area contributed by atoms with Crippen LogP contribution in [0.3, 0.4) is 0 Å². The highest BCUT2D eigenvalue weighted by molar-refractivity contribution is 5.93. The van der Waals surface area contributed by atoms with Crippen molar-refractivity contribution >= 4 is 5.91 Å². The van der Waals surface area contributed by atoms with Crippen molar-refractivity contribution in [3.8, 4) is 0 Å². The summed E-state index contributed by atoms with van der Waals surface area (Å²) in [5.41, 5.74) is 1.37. The van der Waals surface area contributed by atoms with E-state index in [-0.39, 0.29) is 23.6 Å². The van der Waals surface area contributed by atoms with E-state index in [1.54, 1.807) is 6.92 Å². The lowest BCUT2D eigenvalue weighted by atomic mass is 9.93. The van der Waals surface area contributed by atoms with Gasteiger partial charge in [0.05, 0.1) is 6.10 Å². The van der Waals surface area contributed by atoms with Gasteiger partial charge in [0.25, 0.3) is 5.91 Å². The Kier molecular flexibility index (Phi) is 5.83. The lowest BCUT2D eigenvalue weighted by molar-refractivity contribution is 0.0858. The van der Waals surface area contributed by atoms with E-state index in [4.69, 9.17) is 9.15 Å². The highest BCUT2D eigenvalue weighted by Gasteiger charge is 2.28. The summed E-state index contributed by atoms with van der Waals surface area (Å²) in [4.78, 5) is 16.6. The number of rotatable bonds is 7. The maximum atomic E-state index is 12.6. The zero-order valence-electron chi connectivity index (χ0n) is 14.4. The van der Waals surface area contributed by atoms with E-state index in [1.165, 1.54) is 6.39 Å². The van der Waals surface area contributed by atoms with Gasteiger partial charge in [-0.1, -0.05) is 30.3 Å². The van der Waals surface area contributed by atoms with Crippen LogP contribution in [0.15, 0.2) is 41.1 Å². The van der Waals surface area contributed by atoms with Crippen molar-refractivity contribution in [1.29, 1.82) is 0 Å². The molecule has 0 radical (unpaired) electrons. The maximum Gasteiger partial charge on any atom is 0.273 e. The fourth-order valence-corrected chi connectivity index (χ4v) is 3.21. The number of aromatic nitrogens is 1. The van der Waals surface area contributed by atoms with E-state index < -0.39 is 6.10 Å². The van der Waals surface area contributed by atoms with Crippen molar-refractivity contribution in [3.63, 3.8) is 0 Å². The topological polar surface area (TPSA) is 84.6 Å². The first-order valence-electron chi connectivity index (χ1n) is 8.71. The van der Waals surface area contributed by atoms with Crippen molar-refractivity contribution in [1.82, 2.24) is 10.3 Å². The number of carbonyl (C=O) groups is 1. The standard InChI is InChI=1S/C19H24N2O4/c1-13(22)10-15(14-6-3-2-4-7-14)11-20-19(23)17-18(25-12-21-17)16-8-5-9-24-16/h2-4,6-7,12-13,15-16,22H,5,8-11H2,1H3,(H,20,23). The lowest BCUT2D eigenvalue weighted by Crippen LogP contribution is -2.30. The van der Waals surface area contributed by atoms with E-state index in [0.717, 1.165) is 18.4 Å². The van der Waals surface area contributed by atoms with Crippen LogP contribution in [0.25, 0.3) is 0 Å². The molecule has 1 saturated heterocycles. The molecule has 1 aliphatic rings. The average Bonchev–Trinajstić information content (AvgIpc) is 3.29. The summed E-state index contributed by atoms with van der Waals surface area (Å²) in [6, 6.07) is 9.88. The second kappa shape index (κ2) is 8.27. The zero-order valence-corrected chi connectivity index (χ0v) is 14.4. The van der Waals surface area contributed by atoms with Crippen LogP contribution in [-0.2, 0) is 4.74 Å². The fraction of sp³-hybridized carbons (Fsp3) is 0.474. The number of nitrogens with zero attached hydrogens (tertiary/aromatic N) is 1. The average molecular weight is 344 g/mol. The number of nitrogens with one attached hydrogen (secondary N) is 1. The Bertz CT molecular complexity index is 678. The van der Waals surface area contributed by atoms with Crippen LogP contribution in [0.2, 0.25) is 0 Å². The zero-order chi connectivity index (χ0) is 17.6. The Hall–Kier alpha value is -2.18. The number of hydrogen-bond acceptors (Lipinski definition) is 5. The predicted molar refractivity (Wildman–Crippen MR) is 92.2 cm³/mol. The second-order valence-electron chi connectivity index (χ2n) is 6.47. The minimum absolute atomic E-state index is 0.0308. The number of ether oxygens (including phenoxy) is 1. The van der Waals surface area contributed by atoms with E-state index in [0.29, 0.717) is 25.3 Å². The van der Waals surface area contributed by atoms with Crippen molar-refractivity contribution in [2.75, 3.05) is 13.2 Å². The van der Waals surface area contributed by atoms with Gasteiger partial charge in [-0.3, -0.25) is 4.79 Å². The Morgan fingerprint density at radius 1 is 1.40 bits per heavy atom. The fourth-order valence-electron chi connectivity index (χ4n) is 3.21. The lowest BCUT2D eigenvalue weighted by Gasteiger charge is -2.19. The molecule has 6 nitrogen and oxygen atoms in total. The van der Waals surface area contributed by atoms with Gasteiger partial charge in [0.2, 0.25) is 0 Å². The Balaban J connectivity index is 1.66. The van der Waals surface area contributed by atoms with Crippen LogP contribution < -0.4 is 5.32 Å². The molecule has 2 aromatic rings. The maximum absolute atomic E-state index is 12.6. The van der Waals surface area contributed by atoms with Crippen LogP contribution in [0, 0.1) is 0 Å². The molecule has 1 aliphatic heterocycles. The molecular formula is C19H24N2O4. The van der Waals surface area contributed by atoms with Crippen molar-refractivity contribution in [2.45, 2.75) is 44.3 Å². The quantitative estimate of drug-likeness (QED) is 0.807. The molecule has 1 aromatic heterocycles. The largest absolute Gasteiger partial charge is 0.445 e. The molecule has 6 heteroatoms. The third-order valence-corrected chi connectivity index (χ3v) is 4.44. The van der Waals surface area contributed by atoms with E-state index in [1.807, 2.05) is 30.3 Å². The van der Waals surface area contributed by atoms with Gasteiger partial charge >= 0.3 is 0 Å². The summed E-state index contributed by atoms with van der Waals surface area (Å²) < 4.78 is 11.0. The van der Waals surface area contributed by atoms with E-state index in [2.05, 4.69) is 10.3 Å². The van der Waals surface area contributed by atoms with Gasteiger partial charge in [0, 0.05) is 19.1 Å². The molecule has 134 valence electrons. The molecule has 2 heterocycles. The van der Waals surface area contributed by atoms with Gasteiger partial charge in [-0.2, -0.15) is 0 Å². The molecule has 0 aliphatic carbocycles. The Morgan fingerprint density at radius 3 is 2.88 bits per heavy atom. The number of oxazole rings is 1. The first-order chi connectivity index (χ1) is 12.1. The third kappa shape index (κ3) is 4.46. The first kappa shape index (κ1) is 17.6. The molecule has 1 fully saturated rings. The molecule has 0 spiro atoms. The third-order valence-electron chi connectivity index (χ3n) is 4.44. The smallest absolute Gasteiger partial charge is 0.273 e. The van der Waals surface area contributed by atoms with Gasteiger partial charge in [-0.15, -0.1) is 0 Å². The number of amides is 1. The monoisotopic (exact) mass is 344 g/mol. The molecule has 2 N–H and O–H groups in total. The van der Waals surface area contributed by atoms with Gasteiger partial charge in [-0.05, 0) is 31.7 Å². The first-order valence-corrected chi connectivity index (χ1v) is 8.71. The molecular weight excluding hydrogens is 320 g/mol. The van der Waals surface area contributed by atoms with Crippen molar-refractivity contribution in [2.24, 2.45) is 0 Å². The van der Waals surface area contributed by atoms with Crippen LogP contribution in [0.5, 0.6) is 0 Å². The molecule has 0 bridgehead atoms. The predicted octanol–water partition coefficient (Wildman–Crippen LogP) is 2.81. The van der Waals surface area contributed by atoms with E-state index in [9.17, 15) is 9.90 Å². The summed E-state index contributed by atoms with van der Waals surface area (Å²) in [5, 5.41) is 12.7. The number of benzene rings is 1. The second-order valence-corrected chi connectivity index (χ2v) is 6.47. The SMILES string of the molecule is CC(O)CC(CNC(=O)c1ncoc1C1CCCO1)c1ccccc1. The van der Waals surface area contributed by atoms with Gasteiger partial charge in [-0.25, -0.2) is 4.98 Å². The summed E-state index contributed by atoms with van der Waals surface area (Å²) in [6.45, 7) is 2.85.